The molecule has 0 aliphatic rings. The predicted molar refractivity (Wildman–Crippen MR) is 107 cm³/mol. The van der Waals surface area contributed by atoms with Crippen LogP contribution in [0.3, 0.4) is 0 Å². The lowest BCUT2D eigenvalue weighted by Gasteiger charge is -2.19. The van der Waals surface area contributed by atoms with E-state index in [1.807, 2.05) is 0 Å². The summed E-state index contributed by atoms with van der Waals surface area (Å²) < 4.78 is 31.9. The van der Waals surface area contributed by atoms with Gasteiger partial charge in [-0.1, -0.05) is 54.7 Å². The number of halogens is 3. The number of hydrogen-bond donors (Lipinski definition) is 0. The van der Waals surface area contributed by atoms with Gasteiger partial charge >= 0.3 is 5.97 Å². The summed E-state index contributed by atoms with van der Waals surface area (Å²) in [7, 11) is -3.82. The largest absolute Gasteiger partial charge is 0.457 e. The number of esters is 1. The standard InChI is InChI=1S/C18H18Cl3NO4S/c1-3-22(4-2)27(24,25)17-10-12(8-9-16(17)21)18(23)26-11-13-14(19)6-5-7-15(13)20/h5-10H,3-4,11H2,1-2H3. The predicted octanol–water partition coefficient (Wildman–Crippen LogP) is 5.03. The van der Waals surface area contributed by atoms with Gasteiger partial charge in [0, 0.05) is 28.7 Å². The van der Waals surface area contributed by atoms with Crippen molar-refractivity contribution in [1.82, 2.24) is 4.31 Å². The Balaban J connectivity index is 2.28. The zero-order valence-electron chi connectivity index (χ0n) is 14.7. The van der Waals surface area contributed by atoms with Crippen LogP contribution in [-0.2, 0) is 21.4 Å². The second-order valence-corrected chi connectivity index (χ2v) is 8.64. The smallest absolute Gasteiger partial charge is 0.338 e. The number of ether oxygens (including phenoxy) is 1. The summed E-state index contributed by atoms with van der Waals surface area (Å²) in [5, 5.41) is 0.778. The van der Waals surface area contributed by atoms with Crippen molar-refractivity contribution in [3.05, 3.63) is 62.6 Å². The van der Waals surface area contributed by atoms with Crippen LogP contribution >= 0.6 is 34.8 Å². The molecule has 0 aliphatic heterocycles. The molecule has 0 unspecified atom stereocenters. The fourth-order valence-electron chi connectivity index (χ4n) is 2.42. The molecular weight excluding hydrogens is 433 g/mol. The first-order valence-corrected chi connectivity index (χ1v) is 10.7. The molecule has 27 heavy (non-hydrogen) atoms. The van der Waals surface area contributed by atoms with E-state index < -0.39 is 16.0 Å². The molecule has 0 spiro atoms. The molecule has 2 aromatic rings. The van der Waals surface area contributed by atoms with Gasteiger partial charge in [-0.05, 0) is 30.3 Å². The quantitative estimate of drug-likeness (QED) is 0.555. The van der Waals surface area contributed by atoms with Gasteiger partial charge in [-0.25, -0.2) is 13.2 Å². The third-order valence-electron chi connectivity index (χ3n) is 3.90. The molecule has 0 radical (unpaired) electrons. The Bertz CT molecular complexity index is 923. The molecule has 9 heteroatoms. The Morgan fingerprint density at radius 2 is 1.59 bits per heavy atom. The molecule has 146 valence electrons. The second-order valence-electron chi connectivity index (χ2n) is 5.51. The average molecular weight is 451 g/mol. The molecule has 5 nitrogen and oxygen atoms in total. The minimum Gasteiger partial charge on any atom is -0.457 e. The van der Waals surface area contributed by atoms with Crippen molar-refractivity contribution in [2.75, 3.05) is 13.1 Å². The van der Waals surface area contributed by atoms with E-state index in [1.165, 1.54) is 22.5 Å². The van der Waals surface area contributed by atoms with Crippen LogP contribution in [0.15, 0.2) is 41.3 Å². The summed E-state index contributed by atoms with van der Waals surface area (Å²) in [5.74, 6) is -0.710. The average Bonchev–Trinajstić information content (AvgIpc) is 2.62. The van der Waals surface area contributed by atoms with E-state index in [0.717, 1.165) is 0 Å². The van der Waals surface area contributed by atoms with E-state index in [2.05, 4.69) is 0 Å². The van der Waals surface area contributed by atoms with E-state index in [-0.39, 0.29) is 35.2 Å². The molecular formula is C18H18Cl3NO4S. The number of rotatable bonds is 7. The summed E-state index contributed by atoms with van der Waals surface area (Å²) in [6, 6.07) is 8.92. The molecule has 2 rings (SSSR count). The highest BCUT2D eigenvalue weighted by Crippen LogP contribution is 2.28. The first-order valence-electron chi connectivity index (χ1n) is 8.12. The molecule has 0 bridgehead atoms. The molecule has 2 aromatic carbocycles. The van der Waals surface area contributed by atoms with Crippen LogP contribution in [-0.4, -0.2) is 31.8 Å². The molecule has 0 heterocycles. The first-order chi connectivity index (χ1) is 12.7. The maximum atomic E-state index is 12.7. The number of benzene rings is 2. The molecule has 0 saturated carbocycles. The maximum Gasteiger partial charge on any atom is 0.338 e. The van der Waals surface area contributed by atoms with Crippen molar-refractivity contribution in [3.8, 4) is 0 Å². The third-order valence-corrected chi connectivity index (χ3v) is 7.14. The van der Waals surface area contributed by atoms with Crippen LogP contribution in [0.4, 0.5) is 0 Å². The molecule has 0 amide bonds. The summed E-state index contributed by atoms with van der Waals surface area (Å²) in [5.41, 5.74) is 0.535. The Morgan fingerprint density at radius 3 is 2.15 bits per heavy atom. The van der Waals surface area contributed by atoms with Gasteiger partial charge < -0.3 is 4.74 Å². The highest BCUT2D eigenvalue weighted by atomic mass is 35.5. The lowest BCUT2D eigenvalue weighted by atomic mass is 10.2. The van der Waals surface area contributed by atoms with Gasteiger partial charge in [0.05, 0.1) is 10.6 Å². The summed E-state index contributed by atoms with van der Waals surface area (Å²) >= 11 is 18.2. The molecule has 0 aliphatic carbocycles. The molecule has 0 fully saturated rings. The fraction of sp³-hybridized carbons (Fsp3) is 0.278. The van der Waals surface area contributed by atoms with Gasteiger partial charge in [-0.3, -0.25) is 0 Å². The van der Waals surface area contributed by atoms with E-state index in [1.54, 1.807) is 32.0 Å². The summed E-state index contributed by atoms with van der Waals surface area (Å²) in [4.78, 5) is 12.2. The van der Waals surface area contributed by atoms with Crippen LogP contribution in [0, 0.1) is 0 Å². The monoisotopic (exact) mass is 449 g/mol. The normalized spacial score (nSPS) is 11.6. The second kappa shape index (κ2) is 9.26. The number of sulfonamides is 1. The minimum atomic E-state index is -3.82. The molecule has 0 aromatic heterocycles. The SMILES string of the molecule is CCN(CC)S(=O)(=O)c1cc(C(=O)OCc2c(Cl)cccc2Cl)ccc1Cl. The van der Waals surface area contributed by atoms with Crippen molar-refractivity contribution >= 4 is 50.8 Å². The third kappa shape index (κ3) is 4.95. The summed E-state index contributed by atoms with van der Waals surface area (Å²) in [6.45, 7) is 3.88. The van der Waals surface area contributed by atoms with Gasteiger partial charge in [0.2, 0.25) is 10.0 Å². The Labute approximate surface area is 173 Å². The van der Waals surface area contributed by atoms with Gasteiger partial charge in [-0.15, -0.1) is 0 Å². The Kier molecular flexibility index (Phi) is 7.54. The topological polar surface area (TPSA) is 63.7 Å². The molecule has 0 saturated heterocycles. The van der Waals surface area contributed by atoms with Crippen molar-refractivity contribution in [2.45, 2.75) is 25.3 Å². The maximum absolute atomic E-state index is 12.7. The Hall–Kier alpha value is -1.31. The van der Waals surface area contributed by atoms with E-state index in [9.17, 15) is 13.2 Å². The zero-order chi connectivity index (χ0) is 20.2. The van der Waals surface area contributed by atoms with Crippen LogP contribution in [0.2, 0.25) is 15.1 Å². The first kappa shape index (κ1) is 22.0. The fourth-order valence-corrected chi connectivity index (χ4v) is 4.89. The lowest BCUT2D eigenvalue weighted by molar-refractivity contribution is 0.0472. The van der Waals surface area contributed by atoms with Crippen molar-refractivity contribution in [3.63, 3.8) is 0 Å². The lowest BCUT2D eigenvalue weighted by Crippen LogP contribution is -2.31. The van der Waals surface area contributed by atoms with Crippen LogP contribution in [0.25, 0.3) is 0 Å². The van der Waals surface area contributed by atoms with Gasteiger partial charge in [0.15, 0.2) is 0 Å². The highest BCUT2D eigenvalue weighted by Gasteiger charge is 2.26. The van der Waals surface area contributed by atoms with Crippen LogP contribution in [0.5, 0.6) is 0 Å². The van der Waals surface area contributed by atoms with Crippen LogP contribution in [0.1, 0.15) is 29.8 Å². The van der Waals surface area contributed by atoms with Gasteiger partial charge in [0.25, 0.3) is 0 Å². The number of hydrogen-bond acceptors (Lipinski definition) is 4. The summed E-state index contributed by atoms with van der Waals surface area (Å²) in [6.07, 6.45) is 0. The van der Waals surface area contributed by atoms with Gasteiger partial charge in [0.1, 0.15) is 11.5 Å². The van der Waals surface area contributed by atoms with E-state index in [4.69, 9.17) is 39.5 Å². The van der Waals surface area contributed by atoms with E-state index in [0.29, 0.717) is 15.6 Å². The van der Waals surface area contributed by atoms with Crippen LogP contribution < -0.4 is 0 Å². The van der Waals surface area contributed by atoms with Gasteiger partial charge in [-0.2, -0.15) is 4.31 Å². The zero-order valence-corrected chi connectivity index (χ0v) is 17.8. The highest BCUT2D eigenvalue weighted by molar-refractivity contribution is 7.89. The Morgan fingerprint density at radius 1 is 1.00 bits per heavy atom. The molecule has 0 N–H and O–H groups in total. The van der Waals surface area contributed by atoms with E-state index >= 15 is 0 Å². The number of nitrogens with zero attached hydrogens (tertiary/aromatic N) is 1. The van der Waals surface area contributed by atoms with Crippen molar-refractivity contribution in [2.24, 2.45) is 0 Å². The van der Waals surface area contributed by atoms with Crippen molar-refractivity contribution in [1.29, 1.82) is 0 Å². The van der Waals surface area contributed by atoms with Crippen molar-refractivity contribution < 1.29 is 17.9 Å². The minimum absolute atomic E-state index is 0.0348. The molecule has 0 atom stereocenters. The number of carbonyl (C=O) groups is 1. The number of carbonyl (C=O) groups excluding carboxylic acids is 1.